The summed E-state index contributed by atoms with van der Waals surface area (Å²) >= 11 is 0. The van der Waals surface area contributed by atoms with Gasteiger partial charge in [-0.3, -0.25) is 9.58 Å². The van der Waals surface area contributed by atoms with Gasteiger partial charge in [-0.05, 0) is 63.1 Å². The highest BCUT2D eigenvalue weighted by Gasteiger charge is 2.30. The molecule has 1 aliphatic heterocycles. The number of rotatable bonds is 3. The first-order chi connectivity index (χ1) is 13.2. The number of amides is 1. The third-order valence-electron chi connectivity index (χ3n) is 5.79. The van der Waals surface area contributed by atoms with Crippen molar-refractivity contribution < 1.29 is 9.53 Å². The van der Waals surface area contributed by atoms with Gasteiger partial charge in [-0.2, -0.15) is 5.10 Å². The lowest BCUT2D eigenvalue weighted by molar-refractivity contribution is 0.107. The molecule has 2 fully saturated rings. The van der Waals surface area contributed by atoms with E-state index >= 15 is 0 Å². The van der Waals surface area contributed by atoms with E-state index in [0.717, 1.165) is 48.2 Å². The quantitative estimate of drug-likeness (QED) is 0.863. The number of carbonyl (C=O) groups excluding carboxylic acids is 1. The maximum absolute atomic E-state index is 12.9. The van der Waals surface area contributed by atoms with E-state index in [-0.39, 0.29) is 18.2 Å². The molecular weight excluding hydrogens is 340 g/mol. The Morgan fingerprint density at radius 1 is 1.19 bits per heavy atom. The largest absolute Gasteiger partial charge is 0.446 e. The second-order valence-corrected chi connectivity index (χ2v) is 8.12. The van der Waals surface area contributed by atoms with Crippen LogP contribution in [0.2, 0.25) is 0 Å². The lowest BCUT2D eigenvalue weighted by atomic mass is 10.0. The highest BCUT2D eigenvalue weighted by molar-refractivity contribution is 5.95. The van der Waals surface area contributed by atoms with Crippen LogP contribution in [0.3, 0.4) is 0 Å². The summed E-state index contributed by atoms with van der Waals surface area (Å²) in [6, 6.07) is 7.00. The van der Waals surface area contributed by atoms with E-state index in [4.69, 9.17) is 4.74 Å². The number of hydrogen-bond acceptors (Lipinski definition) is 4. The van der Waals surface area contributed by atoms with Gasteiger partial charge >= 0.3 is 6.09 Å². The van der Waals surface area contributed by atoms with Crippen LogP contribution in [0, 0.1) is 0 Å². The van der Waals surface area contributed by atoms with Crippen LogP contribution in [0.4, 0.5) is 16.2 Å². The van der Waals surface area contributed by atoms with Crippen LogP contribution in [0.1, 0.15) is 51.5 Å². The molecule has 142 valence electrons. The molecule has 3 aliphatic rings. The van der Waals surface area contributed by atoms with E-state index in [1.807, 2.05) is 6.20 Å². The Morgan fingerprint density at radius 3 is 2.78 bits per heavy atom. The molecule has 1 N–H and O–H groups in total. The number of ether oxygens (including phenoxy) is 1. The summed E-state index contributed by atoms with van der Waals surface area (Å²) in [4.78, 5) is 14.7. The van der Waals surface area contributed by atoms with Gasteiger partial charge in [-0.15, -0.1) is 0 Å². The molecule has 6 heteroatoms. The minimum absolute atomic E-state index is 0.0751. The minimum atomic E-state index is -0.220. The lowest BCUT2D eigenvalue weighted by Crippen LogP contribution is -2.44. The van der Waals surface area contributed by atoms with Crippen molar-refractivity contribution in [3.05, 3.63) is 30.6 Å². The van der Waals surface area contributed by atoms with Gasteiger partial charge in [0.1, 0.15) is 6.10 Å². The third-order valence-corrected chi connectivity index (χ3v) is 5.79. The minimum Gasteiger partial charge on any atom is -0.446 e. The van der Waals surface area contributed by atoms with Gasteiger partial charge in [-0.1, -0.05) is 6.07 Å². The van der Waals surface area contributed by atoms with Crippen molar-refractivity contribution in [2.24, 2.45) is 0 Å². The molecule has 0 spiro atoms. The molecule has 1 aromatic carbocycles. The number of hydrogen-bond donors (Lipinski definition) is 1. The van der Waals surface area contributed by atoms with Crippen molar-refractivity contribution in [2.45, 2.75) is 63.6 Å². The molecule has 27 heavy (non-hydrogen) atoms. The van der Waals surface area contributed by atoms with Crippen LogP contribution in [0.25, 0.3) is 11.1 Å². The van der Waals surface area contributed by atoms with Crippen LogP contribution in [0.15, 0.2) is 30.6 Å². The number of nitrogens with one attached hydrogen (secondary N) is 1. The van der Waals surface area contributed by atoms with Gasteiger partial charge in [0.05, 0.1) is 23.6 Å². The maximum Gasteiger partial charge on any atom is 0.414 e. The summed E-state index contributed by atoms with van der Waals surface area (Å²) in [6.07, 6.45) is 10.6. The first kappa shape index (κ1) is 16.7. The predicted molar refractivity (Wildman–Crippen MR) is 105 cm³/mol. The summed E-state index contributed by atoms with van der Waals surface area (Å²) in [6.45, 7) is 2.70. The Hall–Kier alpha value is -2.50. The fourth-order valence-electron chi connectivity index (χ4n) is 4.15. The van der Waals surface area contributed by atoms with Crippen molar-refractivity contribution >= 4 is 17.5 Å². The number of carbonyl (C=O) groups is 1. The summed E-state index contributed by atoms with van der Waals surface area (Å²) in [5, 5.41) is 7.98. The normalized spacial score (nSPS) is 22.4. The molecule has 2 aliphatic carbocycles. The average Bonchev–Trinajstić information content (AvgIpc) is 3.17. The zero-order valence-electron chi connectivity index (χ0n) is 15.7. The van der Waals surface area contributed by atoms with Crippen LogP contribution in [-0.4, -0.2) is 34.6 Å². The molecule has 6 nitrogen and oxygen atoms in total. The van der Waals surface area contributed by atoms with Gasteiger partial charge in [0, 0.05) is 24.3 Å². The van der Waals surface area contributed by atoms with Crippen LogP contribution in [0.5, 0.6) is 0 Å². The van der Waals surface area contributed by atoms with Crippen LogP contribution in [-0.2, 0) is 4.74 Å². The van der Waals surface area contributed by atoms with Crippen molar-refractivity contribution in [1.29, 1.82) is 0 Å². The summed E-state index contributed by atoms with van der Waals surface area (Å²) in [7, 11) is 0. The second-order valence-electron chi connectivity index (χ2n) is 8.12. The van der Waals surface area contributed by atoms with Crippen molar-refractivity contribution in [3.8, 4) is 11.1 Å². The number of fused-ring (bicyclic) bond motifs is 1. The highest BCUT2D eigenvalue weighted by Crippen LogP contribution is 2.38. The average molecular weight is 366 g/mol. The van der Waals surface area contributed by atoms with Gasteiger partial charge < -0.3 is 10.1 Å². The molecule has 0 radical (unpaired) electrons. The Bertz CT molecular complexity index is 852. The van der Waals surface area contributed by atoms with Crippen LogP contribution >= 0.6 is 0 Å². The molecule has 5 rings (SSSR count). The molecule has 2 heterocycles. The Balaban J connectivity index is 1.43. The van der Waals surface area contributed by atoms with Crippen molar-refractivity contribution in [2.75, 3.05) is 16.8 Å². The number of benzene rings is 1. The maximum atomic E-state index is 12.9. The first-order valence-corrected chi connectivity index (χ1v) is 10.1. The molecule has 2 saturated carbocycles. The molecule has 0 unspecified atom stereocenters. The Labute approximate surface area is 159 Å². The monoisotopic (exact) mass is 366 g/mol. The molecule has 1 amide bonds. The van der Waals surface area contributed by atoms with Gasteiger partial charge in [-0.25, -0.2) is 4.79 Å². The molecule has 0 bridgehead atoms. The Kier molecular flexibility index (Phi) is 4.06. The molecule has 1 atom stereocenters. The second kappa shape index (κ2) is 6.59. The first-order valence-electron chi connectivity index (χ1n) is 10.1. The topological polar surface area (TPSA) is 59.4 Å². The van der Waals surface area contributed by atoms with E-state index in [0.29, 0.717) is 12.6 Å². The van der Waals surface area contributed by atoms with Gasteiger partial charge in [0.2, 0.25) is 0 Å². The van der Waals surface area contributed by atoms with E-state index in [1.54, 1.807) is 4.90 Å². The van der Waals surface area contributed by atoms with Gasteiger partial charge in [0.15, 0.2) is 0 Å². The molecule has 1 aromatic heterocycles. The molecule has 2 aromatic rings. The number of nitrogens with zero attached hydrogens (tertiary/aromatic N) is 3. The summed E-state index contributed by atoms with van der Waals surface area (Å²) in [5.74, 6) is 0. The predicted octanol–water partition coefficient (Wildman–Crippen LogP) is 4.58. The van der Waals surface area contributed by atoms with Crippen LogP contribution < -0.4 is 10.2 Å². The lowest BCUT2D eigenvalue weighted by Gasteiger charge is -2.34. The smallest absolute Gasteiger partial charge is 0.414 e. The van der Waals surface area contributed by atoms with E-state index in [2.05, 4.69) is 46.4 Å². The fourth-order valence-corrected chi connectivity index (χ4v) is 4.15. The van der Waals surface area contributed by atoms with Gasteiger partial charge in [0.25, 0.3) is 0 Å². The molecule has 0 saturated heterocycles. The van der Waals surface area contributed by atoms with E-state index in [9.17, 15) is 4.79 Å². The van der Waals surface area contributed by atoms with Crippen molar-refractivity contribution in [1.82, 2.24) is 9.78 Å². The van der Waals surface area contributed by atoms with E-state index < -0.39 is 0 Å². The molecular formula is C21H26N4O2. The SMILES string of the molecule is C[C@H]1CN(C(=O)OC2CCCC2)c2cc(-c3cnn(C4CC4)c3)ccc2N1. The number of aromatic nitrogens is 2. The van der Waals surface area contributed by atoms with E-state index in [1.165, 1.54) is 12.8 Å². The third kappa shape index (κ3) is 3.29. The van der Waals surface area contributed by atoms with Crippen molar-refractivity contribution in [3.63, 3.8) is 0 Å². The Morgan fingerprint density at radius 2 is 2.00 bits per heavy atom. The summed E-state index contributed by atoms with van der Waals surface area (Å²) < 4.78 is 7.84. The zero-order valence-corrected chi connectivity index (χ0v) is 15.7. The zero-order chi connectivity index (χ0) is 18.4. The fraction of sp³-hybridized carbons (Fsp3) is 0.524. The standard InChI is InChI=1S/C21H26N4O2/c1-14-12-24(21(26)27-18-4-2-3-5-18)20-10-15(6-9-19(20)23-14)16-11-22-25(13-16)17-7-8-17/h6,9-11,13-14,17-18,23H,2-5,7-8,12H2,1H3/t14-/m0/s1. The number of anilines is 2. The summed E-state index contributed by atoms with van der Waals surface area (Å²) in [5.41, 5.74) is 4.05. The highest BCUT2D eigenvalue weighted by atomic mass is 16.6.